The zero-order chi connectivity index (χ0) is 27.8. The topological polar surface area (TPSA) is 108 Å². The molecule has 1 saturated carbocycles. The van der Waals surface area contributed by atoms with Crippen LogP contribution in [0.2, 0.25) is 0 Å². The van der Waals surface area contributed by atoms with Gasteiger partial charge in [0.1, 0.15) is 17.7 Å². The molecule has 8 nitrogen and oxygen atoms in total. The maximum absolute atomic E-state index is 14.0. The summed E-state index contributed by atoms with van der Waals surface area (Å²) < 4.78 is 5.41. The number of rotatable bonds is 10. The number of benzene rings is 1. The van der Waals surface area contributed by atoms with Gasteiger partial charge in [0.15, 0.2) is 0 Å². The molecule has 37 heavy (non-hydrogen) atoms. The van der Waals surface area contributed by atoms with E-state index in [4.69, 9.17) is 4.74 Å². The van der Waals surface area contributed by atoms with Crippen LogP contribution in [0.4, 0.5) is 4.79 Å². The lowest BCUT2D eigenvalue weighted by molar-refractivity contribution is -0.143. The van der Waals surface area contributed by atoms with E-state index in [0.29, 0.717) is 12.0 Å². The third kappa shape index (κ3) is 9.99. The van der Waals surface area contributed by atoms with Gasteiger partial charge in [0.25, 0.3) is 0 Å². The molecule has 1 aromatic rings. The van der Waals surface area contributed by atoms with Gasteiger partial charge in [-0.25, -0.2) is 4.79 Å². The van der Waals surface area contributed by atoms with Crippen LogP contribution >= 0.6 is 0 Å². The highest BCUT2D eigenvalue weighted by Crippen LogP contribution is 2.27. The van der Waals surface area contributed by atoms with Crippen molar-refractivity contribution in [3.63, 3.8) is 0 Å². The van der Waals surface area contributed by atoms with Crippen molar-refractivity contribution in [2.75, 3.05) is 13.2 Å². The molecule has 2 atom stereocenters. The number of ether oxygens (including phenoxy) is 1. The number of hydrogen-bond acceptors (Lipinski definition) is 5. The van der Waals surface area contributed by atoms with E-state index in [-0.39, 0.29) is 31.0 Å². The molecule has 0 saturated heterocycles. The fourth-order valence-electron chi connectivity index (χ4n) is 4.98. The van der Waals surface area contributed by atoms with Crippen LogP contribution in [0.15, 0.2) is 18.2 Å². The van der Waals surface area contributed by atoms with Gasteiger partial charge < -0.3 is 25.4 Å². The van der Waals surface area contributed by atoms with Gasteiger partial charge in [-0.3, -0.25) is 9.59 Å². The highest BCUT2D eigenvalue weighted by atomic mass is 16.6. The van der Waals surface area contributed by atoms with Crippen molar-refractivity contribution in [2.24, 2.45) is 5.92 Å². The molecule has 8 heteroatoms. The Morgan fingerprint density at radius 2 is 1.65 bits per heavy atom. The number of hydrogen-bond donors (Lipinski definition) is 3. The minimum Gasteiger partial charge on any atom is -0.444 e. The van der Waals surface area contributed by atoms with Crippen LogP contribution in [0.25, 0.3) is 0 Å². The number of nitrogens with zero attached hydrogens (tertiary/aromatic N) is 1. The number of aliphatic hydroxyl groups excluding tert-OH is 1. The predicted molar refractivity (Wildman–Crippen MR) is 145 cm³/mol. The zero-order valence-electron chi connectivity index (χ0n) is 23.7. The normalized spacial score (nSPS) is 16.1. The number of nitrogens with one attached hydrogen (secondary N) is 2. The molecule has 1 fully saturated rings. The summed E-state index contributed by atoms with van der Waals surface area (Å²) in [7, 11) is 0. The van der Waals surface area contributed by atoms with Crippen LogP contribution in [-0.4, -0.2) is 58.8 Å². The van der Waals surface area contributed by atoms with Crippen LogP contribution in [0.1, 0.15) is 95.9 Å². The molecule has 1 aromatic carbocycles. The zero-order valence-corrected chi connectivity index (χ0v) is 23.7. The number of amides is 3. The van der Waals surface area contributed by atoms with Crippen LogP contribution in [0.5, 0.6) is 0 Å². The molecular weight excluding hydrogens is 470 g/mol. The highest BCUT2D eigenvalue weighted by molar-refractivity contribution is 5.92. The first-order valence-corrected chi connectivity index (χ1v) is 13.6. The van der Waals surface area contributed by atoms with Crippen molar-refractivity contribution in [2.45, 2.75) is 111 Å². The Morgan fingerprint density at radius 3 is 2.16 bits per heavy atom. The lowest BCUT2D eigenvalue weighted by atomic mass is 9.93. The molecule has 208 valence electrons. The van der Waals surface area contributed by atoms with Gasteiger partial charge in [0, 0.05) is 12.6 Å². The number of aryl methyl sites for hydroxylation is 2. The van der Waals surface area contributed by atoms with Crippen molar-refractivity contribution in [3.8, 4) is 0 Å². The Bertz CT molecular complexity index is 898. The number of carbonyl (C=O) groups excluding carboxylic acids is 3. The van der Waals surface area contributed by atoms with E-state index >= 15 is 0 Å². The van der Waals surface area contributed by atoms with Crippen molar-refractivity contribution in [3.05, 3.63) is 34.9 Å². The van der Waals surface area contributed by atoms with E-state index in [0.717, 1.165) is 43.2 Å². The summed E-state index contributed by atoms with van der Waals surface area (Å²) in [4.78, 5) is 41.9. The van der Waals surface area contributed by atoms with Gasteiger partial charge in [0.05, 0.1) is 6.61 Å². The predicted octanol–water partition coefficient (Wildman–Crippen LogP) is 4.55. The maximum Gasteiger partial charge on any atom is 0.408 e. The van der Waals surface area contributed by atoms with E-state index in [1.807, 2.05) is 45.9 Å². The highest BCUT2D eigenvalue weighted by Gasteiger charge is 2.37. The fraction of sp³-hybridized carbons (Fsp3) is 0.690. The fourth-order valence-corrected chi connectivity index (χ4v) is 4.98. The average Bonchev–Trinajstić information content (AvgIpc) is 2.76. The van der Waals surface area contributed by atoms with E-state index < -0.39 is 29.7 Å². The molecule has 2 unspecified atom stereocenters. The van der Waals surface area contributed by atoms with Crippen LogP contribution < -0.4 is 10.6 Å². The van der Waals surface area contributed by atoms with Gasteiger partial charge in [-0.15, -0.1) is 0 Å². The van der Waals surface area contributed by atoms with E-state index in [1.165, 1.54) is 4.90 Å². The average molecular weight is 518 g/mol. The summed E-state index contributed by atoms with van der Waals surface area (Å²) >= 11 is 0. The Balaban J connectivity index is 2.46. The van der Waals surface area contributed by atoms with Gasteiger partial charge in [-0.2, -0.15) is 0 Å². The summed E-state index contributed by atoms with van der Waals surface area (Å²) in [6, 6.07) is 4.06. The number of alkyl carbamates (subject to hydrolysis) is 1. The number of aliphatic hydroxyl groups is 1. The smallest absolute Gasteiger partial charge is 0.408 e. The summed E-state index contributed by atoms with van der Waals surface area (Å²) in [6.07, 6.45) is 4.79. The molecule has 0 bridgehead atoms. The van der Waals surface area contributed by atoms with Gasteiger partial charge >= 0.3 is 6.09 Å². The third-order valence-corrected chi connectivity index (χ3v) is 6.39. The maximum atomic E-state index is 14.0. The monoisotopic (exact) mass is 517 g/mol. The SMILES string of the molecule is Cc1cc(C)cc(C(C(=O)NC2CCCCC2)N(CCO)C(=O)C(CC(C)C)NC(=O)OC(C)(C)C)c1. The summed E-state index contributed by atoms with van der Waals surface area (Å²) in [5.41, 5.74) is 1.93. The summed E-state index contributed by atoms with van der Waals surface area (Å²) in [6.45, 7) is 12.8. The first kappa shape index (κ1) is 30.6. The molecule has 0 aromatic heterocycles. The second-order valence-electron chi connectivity index (χ2n) is 11.8. The standard InChI is InChI=1S/C29H47N3O5/c1-19(2)15-24(31-28(36)37-29(5,6)7)27(35)32(13-14-33)25(22-17-20(3)16-21(4)18-22)26(34)30-23-11-9-8-10-12-23/h16-19,23-25,33H,8-15H2,1-7H3,(H,30,34)(H,31,36). The molecule has 0 heterocycles. The minimum absolute atomic E-state index is 0.0425. The van der Waals surface area contributed by atoms with Crippen LogP contribution in [0.3, 0.4) is 0 Å². The molecule has 1 aliphatic carbocycles. The second kappa shape index (κ2) is 13.8. The largest absolute Gasteiger partial charge is 0.444 e. The van der Waals surface area contributed by atoms with Crippen molar-refractivity contribution < 1.29 is 24.2 Å². The van der Waals surface area contributed by atoms with Gasteiger partial charge in [-0.05, 0) is 65.4 Å². The Hall–Kier alpha value is -2.61. The second-order valence-corrected chi connectivity index (χ2v) is 11.8. The number of carbonyl (C=O) groups is 3. The van der Waals surface area contributed by atoms with Crippen molar-refractivity contribution in [1.82, 2.24) is 15.5 Å². The van der Waals surface area contributed by atoms with E-state index in [9.17, 15) is 19.5 Å². The van der Waals surface area contributed by atoms with Gasteiger partial charge in [0.2, 0.25) is 11.8 Å². The molecule has 2 rings (SSSR count). The van der Waals surface area contributed by atoms with Crippen molar-refractivity contribution >= 4 is 17.9 Å². The van der Waals surface area contributed by atoms with Crippen LogP contribution in [-0.2, 0) is 14.3 Å². The molecule has 0 aliphatic heterocycles. The van der Waals surface area contributed by atoms with E-state index in [1.54, 1.807) is 20.8 Å². The third-order valence-electron chi connectivity index (χ3n) is 6.39. The minimum atomic E-state index is -0.935. The summed E-state index contributed by atoms with van der Waals surface area (Å²) in [5, 5.41) is 15.9. The molecule has 3 amide bonds. The molecule has 1 aliphatic rings. The molecule has 0 spiro atoms. The lowest BCUT2D eigenvalue weighted by Gasteiger charge is -2.36. The Morgan fingerprint density at radius 1 is 1.05 bits per heavy atom. The first-order valence-electron chi connectivity index (χ1n) is 13.6. The lowest BCUT2D eigenvalue weighted by Crippen LogP contribution is -2.54. The molecule has 3 N–H and O–H groups in total. The Kier molecular flexibility index (Phi) is 11.4. The Labute approximate surface area is 222 Å². The van der Waals surface area contributed by atoms with E-state index in [2.05, 4.69) is 10.6 Å². The summed E-state index contributed by atoms with van der Waals surface area (Å²) in [5.74, 6) is -0.591. The first-order chi connectivity index (χ1) is 17.3. The molecular formula is C29H47N3O5. The molecule has 0 radical (unpaired) electrons. The quantitative estimate of drug-likeness (QED) is 0.422. The van der Waals surface area contributed by atoms with Gasteiger partial charge in [-0.1, -0.05) is 62.4 Å². The van der Waals surface area contributed by atoms with Crippen molar-refractivity contribution in [1.29, 1.82) is 0 Å². The van der Waals surface area contributed by atoms with Crippen LogP contribution in [0, 0.1) is 19.8 Å².